The van der Waals surface area contributed by atoms with Gasteiger partial charge >= 0.3 is 6.61 Å². The molecule has 0 aliphatic rings. The van der Waals surface area contributed by atoms with E-state index in [-0.39, 0.29) is 17.4 Å². The normalized spacial score (nSPS) is 10.4. The van der Waals surface area contributed by atoms with Crippen LogP contribution in [-0.4, -0.2) is 26.2 Å². The number of ether oxygens (including phenoxy) is 3. The fourth-order valence-corrected chi connectivity index (χ4v) is 2.01. The third-order valence-corrected chi connectivity index (χ3v) is 3.16. The molecule has 0 unspecified atom stereocenters. The molecule has 2 aromatic carbocycles. The summed E-state index contributed by atoms with van der Waals surface area (Å²) in [6.07, 6.45) is 0. The van der Waals surface area contributed by atoms with Gasteiger partial charge in [0.15, 0.2) is 6.61 Å². The van der Waals surface area contributed by atoms with Gasteiger partial charge in [-0.3, -0.25) is 4.79 Å². The first-order valence-corrected chi connectivity index (χ1v) is 7.17. The molecule has 24 heavy (non-hydrogen) atoms. The van der Waals surface area contributed by atoms with Gasteiger partial charge in [0.2, 0.25) is 0 Å². The molecule has 128 valence electrons. The Labute approximate surface area is 142 Å². The van der Waals surface area contributed by atoms with Crippen LogP contribution < -0.4 is 19.5 Å². The lowest BCUT2D eigenvalue weighted by molar-refractivity contribution is -0.118. The zero-order valence-electron chi connectivity index (χ0n) is 12.6. The molecule has 0 heterocycles. The first kappa shape index (κ1) is 17.8. The van der Waals surface area contributed by atoms with Gasteiger partial charge in [0.1, 0.15) is 17.2 Å². The van der Waals surface area contributed by atoms with E-state index < -0.39 is 12.5 Å². The summed E-state index contributed by atoms with van der Waals surface area (Å²) in [5, 5.41) is 2.50. The number of amides is 1. The summed E-state index contributed by atoms with van der Waals surface area (Å²) in [5.41, 5.74) is 0.338. The van der Waals surface area contributed by atoms with Gasteiger partial charge in [0.05, 0.1) is 12.1 Å². The lowest BCUT2D eigenvalue weighted by Gasteiger charge is -2.10. The van der Waals surface area contributed by atoms with Gasteiger partial charge in [-0.1, -0.05) is 11.6 Å². The second-order valence-electron chi connectivity index (χ2n) is 4.54. The van der Waals surface area contributed by atoms with Gasteiger partial charge in [-0.25, -0.2) is 0 Å². The van der Waals surface area contributed by atoms with E-state index in [4.69, 9.17) is 21.1 Å². The second-order valence-corrected chi connectivity index (χ2v) is 4.94. The monoisotopic (exact) mass is 357 g/mol. The maximum Gasteiger partial charge on any atom is 0.387 e. The third kappa shape index (κ3) is 5.27. The van der Waals surface area contributed by atoms with E-state index in [9.17, 15) is 13.6 Å². The average molecular weight is 358 g/mol. The minimum Gasteiger partial charge on any atom is -0.497 e. The standard InChI is InChI=1S/C16H14ClF2NO4/c1-22-11-3-5-12(6-4-11)23-9-15(21)20-10-2-7-14(13(17)8-10)24-16(18)19/h2-8,16H,9H2,1H3,(H,20,21). The molecule has 0 saturated heterocycles. The zero-order valence-corrected chi connectivity index (χ0v) is 13.3. The van der Waals surface area contributed by atoms with E-state index in [0.717, 1.165) is 0 Å². The van der Waals surface area contributed by atoms with E-state index in [1.165, 1.54) is 18.2 Å². The van der Waals surface area contributed by atoms with Crippen molar-refractivity contribution in [2.24, 2.45) is 0 Å². The Kier molecular flexibility index (Phi) is 6.20. The predicted molar refractivity (Wildman–Crippen MR) is 85.2 cm³/mol. The van der Waals surface area contributed by atoms with Crippen molar-refractivity contribution in [2.45, 2.75) is 6.61 Å². The smallest absolute Gasteiger partial charge is 0.387 e. The highest BCUT2D eigenvalue weighted by atomic mass is 35.5. The van der Waals surface area contributed by atoms with Gasteiger partial charge in [-0.05, 0) is 42.5 Å². The molecule has 2 rings (SSSR count). The Bertz CT molecular complexity index is 695. The Morgan fingerprint density at radius 1 is 1.17 bits per heavy atom. The molecule has 0 aliphatic heterocycles. The summed E-state index contributed by atoms with van der Waals surface area (Å²) in [6, 6.07) is 10.7. The quantitative estimate of drug-likeness (QED) is 0.814. The number of rotatable bonds is 7. The SMILES string of the molecule is COc1ccc(OCC(=O)Nc2ccc(OC(F)F)c(Cl)c2)cc1. The van der Waals surface area contributed by atoms with Crippen LogP contribution in [0.15, 0.2) is 42.5 Å². The minimum atomic E-state index is -2.97. The number of halogens is 3. The summed E-state index contributed by atoms with van der Waals surface area (Å²) in [7, 11) is 1.55. The number of alkyl halides is 2. The number of nitrogens with one attached hydrogen (secondary N) is 1. The number of benzene rings is 2. The van der Waals surface area contributed by atoms with Crippen LogP contribution in [0, 0.1) is 0 Å². The molecule has 5 nitrogen and oxygen atoms in total. The number of carbonyl (C=O) groups is 1. The van der Waals surface area contributed by atoms with Crippen molar-refractivity contribution in [1.29, 1.82) is 0 Å². The number of hydrogen-bond donors (Lipinski definition) is 1. The van der Waals surface area contributed by atoms with Crippen LogP contribution in [0.1, 0.15) is 0 Å². The van der Waals surface area contributed by atoms with E-state index in [1.54, 1.807) is 31.4 Å². The molecule has 0 saturated carbocycles. The predicted octanol–water partition coefficient (Wildman–Crippen LogP) is 3.97. The van der Waals surface area contributed by atoms with Gasteiger partial charge < -0.3 is 19.5 Å². The molecule has 8 heteroatoms. The van der Waals surface area contributed by atoms with Crippen molar-refractivity contribution < 1.29 is 27.8 Å². The molecule has 0 aromatic heterocycles. The van der Waals surface area contributed by atoms with Crippen LogP contribution in [0.2, 0.25) is 5.02 Å². The van der Waals surface area contributed by atoms with Gasteiger partial charge in [-0.2, -0.15) is 8.78 Å². The number of carbonyl (C=O) groups excluding carboxylic acids is 1. The Hall–Kier alpha value is -2.54. The molecule has 0 aliphatic carbocycles. The minimum absolute atomic E-state index is 0.0378. The molecule has 1 amide bonds. The Morgan fingerprint density at radius 3 is 2.42 bits per heavy atom. The lowest BCUT2D eigenvalue weighted by Crippen LogP contribution is -2.20. The van der Waals surface area contributed by atoms with Crippen molar-refractivity contribution in [2.75, 3.05) is 19.0 Å². The van der Waals surface area contributed by atoms with Crippen molar-refractivity contribution in [3.8, 4) is 17.2 Å². The van der Waals surface area contributed by atoms with E-state index in [2.05, 4.69) is 10.1 Å². The van der Waals surface area contributed by atoms with Crippen molar-refractivity contribution in [1.82, 2.24) is 0 Å². The molecule has 0 radical (unpaired) electrons. The van der Waals surface area contributed by atoms with E-state index in [1.807, 2.05) is 0 Å². The number of hydrogen-bond acceptors (Lipinski definition) is 4. The zero-order chi connectivity index (χ0) is 17.5. The largest absolute Gasteiger partial charge is 0.497 e. The number of methoxy groups -OCH3 is 1. The molecular weight excluding hydrogens is 344 g/mol. The fourth-order valence-electron chi connectivity index (χ4n) is 1.79. The van der Waals surface area contributed by atoms with Gasteiger partial charge in [0.25, 0.3) is 5.91 Å². The number of anilines is 1. The summed E-state index contributed by atoms with van der Waals surface area (Å²) in [5.74, 6) is 0.584. The highest BCUT2D eigenvalue weighted by molar-refractivity contribution is 6.32. The van der Waals surface area contributed by atoms with Crippen molar-refractivity contribution in [3.05, 3.63) is 47.5 Å². The van der Waals surface area contributed by atoms with Crippen LogP contribution >= 0.6 is 11.6 Å². The van der Waals surface area contributed by atoms with Gasteiger partial charge in [0, 0.05) is 5.69 Å². The maximum atomic E-state index is 12.1. The summed E-state index contributed by atoms with van der Waals surface area (Å²) in [6.45, 7) is -3.19. The third-order valence-electron chi connectivity index (χ3n) is 2.86. The van der Waals surface area contributed by atoms with Crippen molar-refractivity contribution in [3.63, 3.8) is 0 Å². The van der Waals surface area contributed by atoms with E-state index >= 15 is 0 Å². The van der Waals surface area contributed by atoms with E-state index in [0.29, 0.717) is 17.2 Å². The topological polar surface area (TPSA) is 56.8 Å². The molecule has 0 atom stereocenters. The maximum absolute atomic E-state index is 12.1. The van der Waals surface area contributed by atoms with Gasteiger partial charge in [-0.15, -0.1) is 0 Å². The second kappa shape index (κ2) is 8.35. The summed E-state index contributed by atoms with van der Waals surface area (Å²) in [4.78, 5) is 11.8. The summed E-state index contributed by atoms with van der Waals surface area (Å²) >= 11 is 5.81. The summed E-state index contributed by atoms with van der Waals surface area (Å²) < 4.78 is 38.8. The first-order chi connectivity index (χ1) is 11.5. The Balaban J connectivity index is 1.88. The molecule has 2 aromatic rings. The molecule has 0 fully saturated rings. The molecular formula is C16H14ClF2NO4. The highest BCUT2D eigenvalue weighted by Crippen LogP contribution is 2.28. The lowest BCUT2D eigenvalue weighted by atomic mass is 10.3. The molecule has 1 N–H and O–H groups in total. The van der Waals surface area contributed by atoms with Crippen molar-refractivity contribution >= 4 is 23.2 Å². The van der Waals surface area contributed by atoms with Crippen LogP contribution in [0.5, 0.6) is 17.2 Å². The van der Waals surface area contributed by atoms with Crippen LogP contribution in [0.25, 0.3) is 0 Å². The highest BCUT2D eigenvalue weighted by Gasteiger charge is 2.10. The van der Waals surface area contributed by atoms with Crippen LogP contribution in [0.4, 0.5) is 14.5 Å². The van der Waals surface area contributed by atoms with Crippen LogP contribution in [-0.2, 0) is 4.79 Å². The van der Waals surface area contributed by atoms with Crippen LogP contribution in [0.3, 0.4) is 0 Å². The molecule has 0 spiro atoms. The average Bonchev–Trinajstić information content (AvgIpc) is 2.55. The molecule has 0 bridgehead atoms. The first-order valence-electron chi connectivity index (χ1n) is 6.79. The fraction of sp³-hybridized carbons (Fsp3) is 0.188. The Morgan fingerprint density at radius 2 is 1.83 bits per heavy atom.